The van der Waals surface area contributed by atoms with Crippen LogP contribution in [0.4, 0.5) is 0 Å². The quantitative estimate of drug-likeness (QED) is 0.601. The van der Waals surface area contributed by atoms with E-state index in [0.29, 0.717) is 12.8 Å². The van der Waals surface area contributed by atoms with Gasteiger partial charge in [-0.15, -0.1) is 0 Å². The first kappa shape index (κ1) is 17.2. The van der Waals surface area contributed by atoms with Crippen LogP contribution in [0, 0.1) is 22.7 Å². The Hall–Kier alpha value is -0.640. The minimum absolute atomic E-state index is 0.0996. The van der Waals surface area contributed by atoms with E-state index in [1.165, 1.54) is 5.57 Å². The van der Waals surface area contributed by atoms with Crippen molar-refractivity contribution in [3.8, 4) is 0 Å². The predicted octanol–water partition coefficient (Wildman–Crippen LogP) is 3.20. The van der Waals surface area contributed by atoms with Crippen molar-refractivity contribution in [3.63, 3.8) is 0 Å². The number of aliphatic hydroxyl groups is 3. The monoisotopic (exact) mass is 320 g/mol. The van der Waals surface area contributed by atoms with Crippen LogP contribution in [0.5, 0.6) is 0 Å². The molecule has 3 heteroatoms. The van der Waals surface area contributed by atoms with Gasteiger partial charge in [0.15, 0.2) is 0 Å². The smallest absolute Gasteiger partial charge is 0.0763 e. The molecule has 23 heavy (non-hydrogen) atoms. The van der Waals surface area contributed by atoms with E-state index in [1.54, 1.807) is 0 Å². The van der Waals surface area contributed by atoms with E-state index in [1.807, 2.05) is 0 Å². The van der Waals surface area contributed by atoms with Crippen LogP contribution >= 0.6 is 0 Å². The molecular formula is C20H32O3. The van der Waals surface area contributed by atoms with Gasteiger partial charge < -0.3 is 15.3 Å². The average molecular weight is 320 g/mol. The molecule has 0 heterocycles. The summed E-state index contributed by atoms with van der Waals surface area (Å²) in [5.74, 6) is -0.0346. The molecule has 3 rings (SSSR count). The summed E-state index contributed by atoms with van der Waals surface area (Å²) < 4.78 is 0. The molecule has 2 bridgehead atoms. The lowest BCUT2D eigenvalue weighted by Gasteiger charge is -2.56. The Kier molecular flexibility index (Phi) is 4.06. The minimum atomic E-state index is -0.525. The highest BCUT2D eigenvalue weighted by Gasteiger charge is 2.55. The second-order valence-corrected chi connectivity index (χ2v) is 9.03. The van der Waals surface area contributed by atoms with Crippen LogP contribution in [-0.2, 0) is 0 Å². The number of fused-ring (bicyclic) bond motifs is 3. The zero-order chi connectivity index (χ0) is 17.2. The largest absolute Gasteiger partial charge is 0.392 e. The van der Waals surface area contributed by atoms with Crippen molar-refractivity contribution in [2.75, 3.05) is 0 Å². The van der Waals surface area contributed by atoms with Gasteiger partial charge in [0.2, 0.25) is 0 Å². The number of allylic oxidation sites excluding steroid dienone is 1. The van der Waals surface area contributed by atoms with E-state index in [-0.39, 0.29) is 22.7 Å². The molecule has 2 fully saturated rings. The van der Waals surface area contributed by atoms with E-state index in [2.05, 4.69) is 34.3 Å². The van der Waals surface area contributed by atoms with E-state index >= 15 is 0 Å². The molecular weight excluding hydrogens is 288 g/mol. The number of hydrogen-bond donors (Lipinski definition) is 3. The molecule has 0 spiro atoms. The summed E-state index contributed by atoms with van der Waals surface area (Å²) in [5, 5.41) is 32.6. The highest BCUT2D eigenvalue weighted by atomic mass is 16.3. The topological polar surface area (TPSA) is 60.7 Å². The van der Waals surface area contributed by atoms with Gasteiger partial charge in [0.05, 0.1) is 18.3 Å². The minimum Gasteiger partial charge on any atom is -0.392 e. The van der Waals surface area contributed by atoms with Crippen molar-refractivity contribution in [1.29, 1.82) is 0 Å². The Morgan fingerprint density at radius 2 is 1.70 bits per heavy atom. The maximum Gasteiger partial charge on any atom is 0.0763 e. The van der Waals surface area contributed by atoms with Gasteiger partial charge in [0.1, 0.15) is 0 Å². The molecule has 0 aromatic carbocycles. The van der Waals surface area contributed by atoms with Crippen molar-refractivity contribution >= 4 is 0 Å². The summed E-state index contributed by atoms with van der Waals surface area (Å²) in [6, 6.07) is 0. The van der Waals surface area contributed by atoms with Crippen LogP contribution < -0.4 is 0 Å². The van der Waals surface area contributed by atoms with Gasteiger partial charge in [-0.1, -0.05) is 32.9 Å². The maximum atomic E-state index is 11.3. The van der Waals surface area contributed by atoms with Gasteiger partial charge in [-0.2, -0.15) is 0 Å². The van der Waals surface area contributed by atoms with Gasteiger partial charge in [-0.05, 0) is 66.9 Å². The highest BCUT2D eigenvalue weighted by molar-refractivity contribution is 5.32. The van der Waals surface area contributed by atoms with Gasteiger partial charge >= 0.3 is 0 Å². The summed E-state index contributed by atoms with van der Waals surface area (Å²) in [5.41, 5.74) is 2.79. The SMILES string of the molecule is C=C1[C@@H](O)CC[C@@]2(C)C[C@H](O)C3=C(C)CC[C@@H]([C@@H](O)[C@H]12)C3(C)C. The summed E-state index contributed by atoms with van der Waals surface area (Å²) in [6.45, 7) is 12.7. The fourth-order valence-electron chi connectivity index (χ4n) is 6.03. The summed E-state index contributed by atoms with van der Waals surface area (Å²) >= 11 is 0. The Balaban J connectivity index is 2.13. The highest BCUT2D eigenvalue weighted by Crippen LogP contribution is 2.58. The first-order valence-corrected chi connectivity index (χ1v) is 9.02. The second-order valence-electron chi connectivity index (χ2n) is 9.03. The molecule has 2 saturated carbocycles. The molecule has 0 aromatic heterocycles. The van der Waals surface area contributed by atoms with Crippen molar-refractivity contribution < 1.29 is 15.3 Å². The number of aliphatic hydroxyl groups excluding tert-OH is 3. The van der Waals surface area contributed by atoms with E-state index in [0.717, 1.165) is 30.4 Å². The Morgan fingerprint density at radius 3 is 2.35 bits per heavy atom. The first-order chi connectivity index (χ1) is 10.6. The maximum absolute atomic E-state index is 11.3. The standard InChI is InChI=1S/C20H32O3/c1-11-6-7-13-18(23)17-12(2)14(21)8-9-20(17,5)10-15(22)16(11)19(13,3)4/h13-15,17-18,21-23H,2,6-10H2,1,3-5H3/t13-,14-,15-,17-,18+,20-/m0/s1. The molecule has 3 nitrogen and oxygen atoms in total. The molecule has 3 aliphatic rings. The van der Waals surface area contributed by atoms with Crippen LogP contribution in [0.2, 0.25) is 0 Å². The van der Waals surface area contributed by atoms with Gasteiger partial charge in [-0.25, -0.2) is 0 Å². The Morgan fingerprint density at radius 1 is 1.04 bits per heavy atom. The Bertz CT molecular complexity index is 547. The molecule has 0 amide bonds. The fraction of sp³-hybridized carbons (Fsp3) is 0.800. The molecule has 0 aromatic rings. The molecule has 0 unspecified atom stereocenters. The van der Waals surface area contributed by atoms with Crippen LogP contribution in [0.1, 0.15) is 59.8 Å². The average Bonchev–Trinajstić information content (AvgIpc) is 2.41. The summed E-state index contributed by atoms with van der Waals surface area (Å²) in [7, 11) is 0. The first-order valence-electron chi connectivity index (χ1n) is 9.02. The van der Waals surface area contributed by atoms with Gasteiger partial charge in [0.25, 0.3) is 0 Å². The van der Waals surface area contributed by atoms with Crippen LogP contribution in [0.15, 0.2) is 23.3 Å². The lowest BCUT2D eigenvalue weighted by molar-refractivity contribution is -0.0904. The third-order valence-corrected chi connectivity index (χ3v) is 7.23. The van der Waals surface area contributed by atoms with E-state index in [4.69, 9.17) is 0 Å². The van der Waals surface area contributed by atoms with Crippen molar-refractivity contribution in [3.05, 3.63) is 23.3 Å². The van der Waals surface area contributed by atoms with Crippen molar-refractivity contribution in [1.82, 2.24) is 0 Å². The second kappa shape index (κ2) is 5.44. The molecule has 3 N–H and O–H groups in total. The Labute approximate surface area is 140 Å². The zero-order valence-electron chi connectivity index (χ0n) is 15.0. The third kappa shape index (κ3) is 2.43. The number of rotatable bonds is 0. The molecule has 130 valence electrons. The van der Waals surface area contributed by atoms with Crippen molar-refractivity contribution in [2.45, 2.75) is 78.1 Å². The lowest BCUT2D eigenvalue weighted by atomic mass is 9.50. The summed E-state index contributed by atoms with van der Waals surface area (Å²) in [6.07, 6.45) is 2.53. The number of hydrogen-bond acceptors (Lipinski definition) is 3. The third-order valence-electron chi connectivity index (χ3n) is 7.23. The van der Waals surface area contributed by atoms with Crippen LogP contribution in [0.3, 0.4) is 0 Å². The van der Waals surface area contributed by atoms with Crippen LogP contribution in [-0.4, -0.2) is 33.6 Å². The normalized spacial score (nSPS) is 46.9. The zero-order valence-corrected chi connectivity index (χ0v) is 15.0. The predicted molar refractivity (Wildman–Crippen MR) is 91.8 cm³/mol. The lowest BCUT2D eigenvalue weighted by Crippen LogP contribution is -2.55. The molecule has 0 radical (unpaired) electrons. The molecule has 0 aliphatic heterocycles. The van der Waals surface area contributed by atoms with E-state index < -0.39 is 18.3 Å². The molecule has 6 atom stereocenters. The van der Waals surface area contributed by atoms with Gasteiger partial charge in [-0.3, -0.25) is 0 Å². The summed E-state index contributed by atoms with van der Waals surface area (Å²) in [4.78, 5) is 0. The van der Waals surface area contributed by atoms with E-state index in [9.17, 15) is 15.3 Å². The molecule has 3 aliphatic carbocycles. The molecule has 0 saturated heterocycles. The van der Waals surface area contributed by atoms with Crippen molar-refractivity contribution in [2.24, 2.45) is 22.7 Å². The van der Waals surface area contributed by atoms with Crippen LogP contribution in [0.25, 0.3) is 0 Å². The fourth-order valence-corrected chi connectivity index (χ4v) is 6.03. The van der Waals surface area contributed by atoms with Gasteiger partial charge in [0, 0.05) is 5.92 Å².